The molecule has 1 fully saturated rings. The number of rotatable bonds is 6. The van der Waals surface area contributed by atoms with Gasteiger partial charge in [0.2, 0.25) is 0 Å². The molecule has 0 aromatic heterocycles. The Morgan fingerprint density at radius 2 is 1.22 bits per heavy atom. The number of ether oxygens (including phenoxy) is 5. The third kappa shape index (κ3) is 7.55. The molecule has 27 heavy (non-hydrogen) atoms. The second-order valence-corrected chi connectivity index (χ2v) is 6.95. The van der Waals surface area contributed by atoms with Gasteiger partial charge < -0.3 is 23.7 Å². The van der Waals surface area contributed by atoms with E-state index in [-0.39, 0.29) is 11.7 Å². The molecule has 0 bridgehead atoms. The molecule has 0 spiro atoms. The maximum atomic E-state index is 11.6. The van der Waals surface area contributed by atoms with Crippen LogP contribution in [0.1, 0.15) is 34.6 Å². The second-order valence-electron chi connectivity index (χ2n) is 5.68. The summed E-state index contributed by atoms with van der Waals surface area (Å²) in [5, 5.41) is -0.351. The first-order valence-electron chi connectivity index (χ1n) is 7.99. The molecular weight excluding hydrogens is 384 g/mol. The average Bonchev–Trinajstić information content (AvgIpc) is 2.49. The SMILES string of the molecule is CC(=O)OCC1O[C@H](SC(C)=O)C(OC(C)=O)[C@@H](OC(C)=O)[C@H]1OC(C)=O. The Balaban J connectivity index is 3.29. The minimum absolute atomic E-state index is 0.327. The van der Waals surface area contributed by atoms with Crippen LogP contribution in [-0.4, -0.2) is 65.5 Å². The molecule has 10 nitrogen and oxygen atoms in total. The Kier molecular flexibility index (Phi) is 8.70. The van der Waals surface area contributed by atoms with Crippen LogP contribution >= 0.6 is 11.8 Å². The van der Waals surface area contributed by atoms with Crippen molar-refractivity contribution in [3.05, 3.63) is 0 Å². The van der Waals surface area contributed by atoms with E-state index in [1.165, 1.54) is 13.8 Å². The molecule has 0 aromatic rings. The van der Waals surface area contributed by atoms with Gasteiger partial charge in [-0.3, -0.25) is 24.0 Å². The smallest absolute Gasteiger partial charge is 0.303 e. The fraction of sp³-hybridized carbons (Fsp3) is 0.688. The molecule has 0 saturated carbocycles. The first-order valence-corrected chi connectivity index (χ1v) is 8.87. The molecule has 0 aliphatic carbocycles. The van der Waals surface area contributed by atoms with Crippen molar-refractivity contribution in [2.45, 2.75) is 64.5 Å². The highest BCUT2D eigenvalue weighted by Crippen LogP contribution is 2.34. The summed E-state index contributed by atoms with van der Waals surface area (Å²) in [6, 6.07) is 0. The Labute approximate surface area is 160 Å². The zero-order chi connectivity index (χ0) is 20.7. The summed E-state index contributed by atoms with van der Waals surface area (Å²) in [5.74, 6) is -2.76. The lowest BCUT2D eigenvalue weighted by Gasteiger charge is -2.43. The lowest BCUT2D eigenvalue weighted by atomic mass is 9.99. The summed E-state index contributed by atoms with van der Waals surface area (Å²) in [7, 11) is 0. The number of esters is 4. The van der Waals surface area contributed by atoms with Crippen LogP contribution in [0.15, 0.2) is 0 Å². The molecule has 1 saturated heterocycles. The van der Waals surface area contributed by atoms with Crippen molar-refractivity contribution >= 4 is 40.8 Å². The Morgan fingerprint density at radius 1 is 0.741 bits per heavy atom. The monoisotopic (exact) mass is 406 g/mol. The molecular formula is C16H22O10S. The largest absolute Gasteiger partial charge is 0.463 e. The van der Waals surface area contributed by atoms with E-state index in [1.807, 2.05) is 0 Å². The van der Waals surface area contributed by atoms with E-state index in [0.717, 1.165) is 20.8 Å². The van der Waals surface area contributed by atoms with E-state index in [9.17, 15) is 24.0 Å². The lowest BCUT2D eigenvalue weighted by Crippen LogP contribution is -2.61. The lowest BCUT2D eigenvalue weighted by molar-refractivity contribution is -0.237. The zero-order valence-corrected chi connectivity index (χ0v) is 16.4. The Bertz CT molecular complexity index is 604. The summed E-state index contributed by atoms with van der Waals surface area (Å²) < 4.78 is 26.2. The normalized spacial score (nSPS) is 27.2. The molecule has 1 aliphatic rings. The van der Waals surface area contributed by atoms with Gasteiger partial charge in [-0.05, 0) is 0 Å². The summed E-state index contributed by atoms with van der Waals surface area (Å²) >= 11 is 0.705. The predicted octanol–water partition coefficient (Wildman–Crippen LogP) is 0.349. The molecule has 152 valence electrons. The highest BCUT2D eigenvalue weighted by molar-refractivity contribution is 8.14. The molecule has 0 amide bonds. The van der Waals surface area contributed by atoms with Crippen LogP contribution in [0.5, 0.6) is 0 Å². The summed E-state index contributed by atoms with van der Waals surface area (Å²) in [5.41, 5.74) is -1.07. The van der Waals surface area contributed by atoms with Crippen molar-refractivity contribution in [2.24, 2.45) is 0 Å². The van der Waals surface area contributed by atoms with Crippen LogP contribution in [-0.2, 0) is 47.7 Å². The van der Waals surface area contributed by atoms with E-state index in [1.54, 1.807) is 0 Å². The van der Waals surface area contributed by atoms with E-state index in [4.69, 9.17) is 23.7 Å². The van der Waals surface area contributed by atoms with Crippen LogP contribution in [0.4, 0.5) is 0 Å². The average molecular weight is 406 g/mol. The predicted molar refractivity (Wildman–Crippen MR) is 90.2 cm³/mol. The van der Waals surface area contributed by atoms with Gasteiger partial charge in [-0.25, -0.2) is 0 Å². The van der Waals surface area contributed by atoms with Gasteiger partial charge in [0.25, 0.3) is 0 Å². The van der Waals surface area contributed by atoms with Crippen LogP contribution in [0.3, 0.4) is 0 Å². The maximum absolute atomic E-state index is 11.6. The van der Waals surface area contributed by atoms with Gasteiger partial charge in [0.05, 0.1) is 0 Å². The van der Waals surface area contributed by atoms with Crippen LogP contribution in [0.25, 0.3) is 0 Å². The van der Waals surface area contributed by atoms with Gasteiger partial charge in [-0.1, -0.05) is 11.8 Å². The number of hydrogen-bond acceptors (Lipinski definition) is 11. The molecule has 0 radical (unpaired) electrons. The fourth-order valence-corrected chi connectivity index (χ4v) is 3.32. The maximum Gasteiger partial charge on any atom is 0.303 e. The first kappa shape index (κ1) is 22.9. The highest BCUT2D eigenvalue weighted by Gasteiger charge is 2.52. The quantitative estimate of drug-likeness (QED) is 0.447. The summed E-state index contributed by atoms with van der Waals surface area (Å²) in [6.07, 6.45) is -4.76. The van der Waals surface area contributed by atoms with Gasteiger partial charge >= 0.3 is 23.9 Å². The van der Waals surface area contributed by atoms with Crippen molar-refractivity contribution in [3.8, 4) is 0 Å². The highest BCUT2D eigenvalue weighted by atomic mass is 32.2. The molecule has 0 aromatic carbocycles. The van der Waals surface area contributed by atoms with Gasteiger partial charge in [0, 0.05) is 34.6 Å². The van der Waals surface area contributed by atoms with E-state index in [2.05, 4.69) is 0 Å². The van der Waals surface area contributed by atoms with Crippen molar-refractivity contribution in [3.63, 3.8) is 0 Å². The molecule has 2 unspecified atom stereocenters. The standard InChI is InChI=1S/C16H22O10S/c1-7(17)22-6-12-13(23-8(2)18)14(24-9(3)19)15(25-10(4)20)16(26-12)27-11(5)21/h12-16H,6H2,1-5H3/t12?,13-,14-,15?,16+/m0/s1. The van der Waals surface area contributed by atoms with E-state index in [0.29, 0.717) is 11.8 Å². The van der Waals surface area contributed by atoms with Crippen LogP contribution < -0.4 is 0 Å². The number of thioether (sulfide) groups is 1. The summed E-state index contributed by atoms with van der Waals surface area (Å²) in [4.78, 5) is 57.3. The number of hydrogen-bond donors (Lipinski definition) is 0. The van der Waals surface area contributed by atoms with Gasteiger partial charge in [0.1, 0.15) is 12.7 Å². The van der Waals surface area contributed by atoms with E-state index >= 15 is 0 Å². The van der Waals surface area contributed by atoms with Crippen molar-refractivity contribution < 1.29 is 47.7 Å². The van der Waals surface area contributed by atoms with Crippen molar-refractivity contribution in [1.29, 1.82) is 0 Å². The van der Waals surface area contributed by atoms with Gasteiger partial charge in [-0.15, -0.1) is 0 Å². The molecule has 1 rings (SSSR count). The topological polar surface area (TPSA) is 132 Å². The van der Waals surface area contributed by atoms with Crippen LogP contribution in [0, 0.1) is 0 Å². The summed E-state index contributed by atoms with van der Waals surface area (Å²) in [6.45, 7) is 5.51. The molecule has 5 atom stereocenters. The third-order valence-corrected chi connectivity index (χ3v) is 4.17. The third-order valence-electron chi connectivity index (χ3n) is 3.23. The minimum Gasteiger partial charge on any atom is -0.463 e. The number of carbonyl (C=O) groups is 5. The first-order chi connectivity index (χ1) is 12.5. The van der Waals surface area contributed by atoms with Gasteiger partial charge in [-0.2, -0.15) is 0 Å². The molecule has 0 N–H and O–H groups in total. The zero-order valence-electron chi connectivity index (χ0n) is 15.6. The van der Waals surface area contributed by atoms with Gasteiger partial charge in [0.15, 0.2) is 28.9 Å². The molecule has 1 heterocycles. The van der Waals surface area contributed by atoms with Crippen LogP contribution in [0.2, 0.25) is 0 Å². The van der Waals surface area contributed by atoms with E-state index < -0.39 is 53.7 Å². The minimum atomic E-state index is -1.26. The number of carbonyl (C=O) groups excluding carboxylic acids is 5. The Morgan fingerprint density at radius 3 is 1.67 bits per heavy atom. The molecule has 1 aliphatic heterocycles. The Hall–Kier alpha value is -2.14. The molecule has 11 heteroatoms. The van der Waals surface area contributed by atoms with Crippen molar-refractivity contribution in [2.75, 3.05) is 6.61 Å². The fourth-order valence-electron chi connectivity index (χ4n) is 2.45. The van der Waals surface area contributed by atoms with Crippen molar-refractivity contribution in [1.82, 2.24) is 0 Å². The second kappa shape index (κ2) is 10.3.